The molecule has 1 aliphatic rings. The molecule has 0 radical (unpaired) electrons. The van der Waals surface area contributed by atoms with E-state index in [1.807, 2.05) is 62.8 Å². The van der Waals surface area contributed by atoms with E-state index in [0.29, 0.717) is 0 Å². The van der Waals surface area contributed by atoms with Gasteiger partial charge < -0.3 is 4.57 Å². The van der Waals surface area contributed by atoms with Crippen molar-refractivity contribution >= 4 is 44.5 Å². The maximum Gasteiger partial charge on any atom is 0.145 e. The first-order valence-corrected chi connectivity index (χ1v) is 18.1. The van der Waals surface area contributed by atoms with Crippen molar-refractivity contribution in [1.82, 2.24) is 24.1 Å². The summed E-state index contributed by atoms with van der Waals surface area (Å²) in [5.74, 6) is 0. The Morgan fingerprint density at radius 1 is 0.500 bits per heavy atom. The molecule has 0 N–H and O–H groups in total. The number of pyridine rings is 3. The van der Waals surface area contributed by atoms with Crippen LogP contribution in [-0.2, 0) is 6.42 Å². The zero-order valence-electron chi connectivity index (χ0n) is 29.2. The number of nitrogens with zero attached hydrogens (tertiary/aromatic N) is 5. The van der Waals surface area contributed by atoms with Crippen LogP contribution in [0, 0.1) is 0 Å². The number of fused-ring (bicyclic) bond motifs is 6. The molecule has 0 bridgehead atoms. The van der Waals surface area contributed by atoms with Crippen molar-refractivity contribution < 1.29 is 0 Å². The maximum atomic E-state index is 4.99. The molecule has 5 heteroatoms. The third-order valence-corrected chi connectivity index (χ3v) is 9.97. The van der Waals surface area contributed by atoms with Crippen LogP contribution in [0.2, 0.25) is 0 Å². The molecule has 0 atom stereocenters. The van der Waals surface area contributed by atoms with Gasteiger partial charge >= 0.3 is 0 Å². The minimum Gasteiger partial charge on any atom is -0.309 e. The molecule has 9 aromatic rings. The van der Waals surface area contributed by atoms with Crippen LogP contribution in [0.1, 0.15) is 37.1 Å². The summed E-state index contributed by atoms with van der Waals surface area (Å²) in [6.07, 6.45) is 9.82. The van der Waals surface area contributed by atoms with E-state index in [9.17, 15) is 0 Å². The van der Waals surface area contributed by atoms with Gasteiger partial charge in [-0.3, -0.25) is 14.5 Å². The van der Waals surface area contributed by atoms with Crippen molar-refractivity contribution in [3.8, 4) is 33.9 Å². The lowest BCUT2D eigenvalue weighted by Gasteiger charge is -2.19. The lowest BCUT2D eigenvalue weighted by molar-refractivity contribution is 0.892. The highest BCUT2D eigenvalue weighted by Gasteiger charge is 2.25. The van der Waals surface area contributed by atoms with Gasteiger partial charge in [-0.05, 0) is 109 Å². The molecule has 0 unspecified atom stereocenters. The number of benzene rings is 4. The zero-order chi connectivity index (χ0) is 35.0. The second-order valence-electron chi connectivity index (χ2n) is 12.8. The molecule has 0 aliphatic heterocycles. The normalized spacial score (nSPS) is 12.4. The van der Waals surface area contributed by atoms with Crippen molar-refractivity contribution in [2.24, 2.45) is 0 Å². The number of aromatic nitrogens is 5. The highest BCUT2D eigenvalue weighted by atomic mass is 15.1. The number of rotatable bonds is 5. The molecule has 52 heavy (non-hydrogen) atoms. The largest absolute Gasteiger partial charge is 0.309 e. The Bertz CT molecular complexity index is 2680. The van der Waals surface area contributed by atoms with Gasteiger partial charge in [-0.25, -0.2) is 4.98 Å². The Kier molecular flexibility index (Phi) is 8.01. The van der Waals surface area contributed by atoms with Crippen molar-refractivity contribution in [3.05, 3.63) is 175 Å². The fraction of sp³-hybridized carbons (Fsp3) is 0.0851. The molecular weight excluding hydrogens is 635 g/mol. The van der Waals surface area contributed by atoms with E-state index in [4.69, 9.17) is 15.0 Å². The molecule has 250 valence electrons. The van der Waals surface area contributed by atoms with Crippen LogP contribution in [-0.4, -0.2) is 24.1 Å². The van der Waals surface area contributed by atoms with Crippen LogP contribution in [0.3, 0.4) is 0 Å². The highest BCUT2D eigenvalue weighted by Crippen LogP contribution is 2.43. The van der Waals surface area contributed by atoms with Crippen LogP contribution in [0.25, 0.3) is 78.4 Å². The summed E-state index contributed by atoms with van der Waals surface area (Å²) < 4.78 is 4.76. The Labute approximate surface area is 303 Å². The molecule has 5 nitrogen and oxygen atoms in total. The van der Waals surface area contributed by atoms with Crippen molar-refractivity contribution in [3.63, 3.8) is 0 Å². The van der Waals surface area contributed by atoms with E-state index in [1.54, 1.807) is 0 Å². The topological polar surface area (TPSA) is 48.5 Å². The SMILES string of the molecule is C1=C(c2cccc3c2c2ccccc2n3-c2ccccc2)CCc2c1c1cccnc1n2-c1cc(-c2ccccn2)cc(-c2ccccn2)c1.CC. The molecule has 4 aromatic carbocycles. The monoisotopic (exact) mass is 671 g/mol. The third-order valence-electron chi connectivity index (χ3n) is 9.97. The molecule has 0 amide bonds. The van der Waals surface area contributed by atoms with Crippen LogP contribution in [0.4, 0.5) is 0 Å². The summed E-state index contributed by atoms with van der Waals surface area (Å²) in [4.78, 5) is 14.4. The molecular formula is C47H37N5. The summed E-state index contributed by atoms with van der Waals surface area (Å²) in [5, 5.41) is 3.72. The second-order valence-corrected chi connectivity index (χ2v) is 12.8. The van der Waals surface area contributed by atoms with Crippen LogP contribution in [0.15, 0.2) is 158 Å². The predicted octanol–water partition coefficient (Wildman–Crippen LogP) is 11.8. The fourth-order valence-electron chi connectivity index (χ4n) is 7.83. The molecule has 5 aromatic heterocycles. The number of hydrogen-bond acceptors (Lipinski definition) is 3. The molecule has 1 aliphatic carbocycles. The van der Waals surface area contributed by atoms with E-state index in [0.717, 1.165) is 52.1 Å². The first-order valence-electron chi connectivity index (χ1n) is 18.1. The average Bonchev–Trinajstić information content (AvgIpc) is 3.75. The Hall–Kier alpha value is -6.59. The Balaban J connectivity index is 0.00000177. The predicted molar refractivity (Wildman–Crippen MR) is 216 cm³/mol. The number of para-hydroxylation sites is 2. The average molecular weight is 672 g/mol. The molecule has 0 spiro atoms. The molecule has 0 saturated carbocycles. The van der Waals surface area contributed by atoms with E-state index >= 15 is 0 Å². The molecule has 10 rings (SSSR count). The van der Waals surface area contributed by atoms with Gasteiger partial charge in [0.1, 0.15) is 5.65 Å². The summed E-state index contributed by atoms with van der Waals surface area (Å²) in [7, 11) is 0. The van der Waals surface area contributed by atoms with E-state index < -0.39 is 0 Å². The first-order chi connectivity index (χ1) is 25.8. The minimum absolute atomic E-state index is 0.887. The van der Waals surface area contributed by atoms with Gasteiger partial charge in [-0.2, -0.15) is 0 Å². The van der Waals surface area contributed by atoms with E-state index in [1.165, 1.54) is 49.9 Å². The third kappa shape index (κ3) is 5.21. The molecule has 5 heterocycles. The van der Waals surface area contributed by atoms with Gasteiger partial charge in [0, 0.05) is 68.5 Å². The molecule has 0 fully saturated rings. The van der Waals surface area contributed by atoms with Gasteiger partial charge in [-0.1, -0.05) is 74.5 Å². The highest BCUT2D eigenvalue weighted by molar-refractivity contribution is 6.15. The Morgan fingerprint density at radius 2 is 1.15 bits per heavy atom. The van der Waals surface area contributed by atoms with Gasteiger partial charge in [0.25, 0.3) is 0 Å². The van der Waals surface area contributed by atoms with Crippen LogP contribution in [0.5, 0.6) is 0 Å². The zero-order valence-corrected chi connectivity index (χ0v) is 29.2. The number of allylic oxidation sites excluding steroid dienone is 1. The smallest absolute Gasteiger partial charge is 0.145 e. The summed E-state index contributed by atoms with van der Waals surface area (Å²) in [6.45, 7) is 4.00. The summed E-state index contributed by atoms with van der Waals surface area (Å²) in [6, 6.07) is 49.2. The minimum atomic E-state index is 0.887. The standard InChI is InChI=1S/C45H31N5.C2H6/c1-2-12-33(13-3-1)49-41-19-5-4-14-37(41)44-35(15-10-20-43(44)49)30-21-22-42-38(29-30)36-16-11-25-48-45(36)50(42)34-27-31(39-17-6-8-23-46-39)26-32(28-34)40-18-7-9-24-47-40;1-2/h1-20,23-29H,21-22H2;1-2H3. The van der Waals surface area contributed by atoms with Gasteiger partial charge in [0.05, 0.1) is 22.4 Å². The van der Waals surface area contributed by atoms with Gasteiger partial charge in [0.15, 0.2) is 0 Å². The van der Waals surface area contributed by atoms with Crippen molar-refractivity contribution in [2.75, 3.05) is 0 Å². The van der Waals surface area contributed by atoms with Crippen LogP contribution < -0.4 is 0 Å². The quantitative estimate of drug-likeness (QED) is 0.183. The van der Waals surface area contributed by atoms with Crippen molar-refractivity contribution in [2.45, 2.75) is 26.7 Å². The van der Waals surface area contributed by atoms with Gasteiger partial charge in [0.2, 0.25) is 0 Å². The molecule has 0 saturated heterocycles. The second kappa shape index (κ2) is 13.3. The van der Waals surface area contributed by atoms with Crippen LogP contribution >= 0.6 is 0 Å². The lowest BCUT2D eigenvalue weighted by Crippen LogP contribution is -2.06. The lowest BCUT2D eigenvalue weighted by atomic mass is 9.89. The van der Waals surface area contributed by atoms with E-state index in [2.05, 4.69) is 124 Å². The Morgan fingerprint density at radius 3 is 1.88 bits per heavy atom. The summed E-state index contributed by atoms with van der Waals surface area (Å²) in [5.41, 5.74) is 14.7. The number of hydrogen-bond donors (Lipinski definition) is 0. The van der Waals surface area contributed by atoms with E-state index in [-0.39, 0.29) is 0 Å². The first kappa shape index (κ1) is 31.4. The van der Waals surface area contributed by atoms with Gasteiger partial charge in [-0.15, -0.1) is 0 Å². The maximum absolute atomic E-state index is 4.99. The fourth-order valence-corrected chi connectivity index (χ4v) is 7.83. The summed E-state index contributed by atoms with van der Waals surface area (Å²) >= 11 is 0. The van der Waals surface area contributed by atoms with Crippen molar-refractivity contribution in [1.29, 1.82) is 0 Å².